The van der Waals surface area contributed by atoms with Crippen molar-refractivity contribution in [1.82, 2.24) is 0 Å². The standard InChI is InChI=1S/C6H5BrO7S2.3H2O.Pb/c7-3-1-4(15(9,10)11)6(8)5(2-3)16(12,13)14;;;;/h1-2,8H,(H,9,10,11)(H,12,13,14);3*1H2;/q;;;;+2. The number of rotatable bonds is 2. The van der Waals surface area contributed by atoms with E-state index in [0.717, 1.165) is 0 Å². The second-order valence-electron chi connectivity index (χ2n) is 2.66. The van der Waals surface area contributed by atoms with Gasteiger partial charge in [-0.25, -0.2) is 16.8 Å². The predicted molar refractivity (Wildman–Crippen MR) is 70.8 cm³/mol. The number of hydrogen-bond acceptors (Lipinski definition) is 7. The van der Waals surface area contributed by atoms with Crippen molar-refractivity contribution in [3.63, 3.8) is 0 Å². The van der Waals surface area contributed by atoms with Gasteiger partial charge < -0.3 is 30.6 Å². The van der Waals surface area contributed by atoms with Crippen LogP contribution < -0.4 is 0 Å². The Balaban J connectivity index is -0.000000320. The summed E-state index contributed by atoms with van der Waals surface area (Å²) in [7, 11) is -10.1. The first kappa shape index (κ1) is 28.3. The zero-order valence-corrected chi connectivity index (χ0v) is 16.5. The van der Waals surface area contributed by atoms with E-state index in [4.69, 9.17) is 0 Å². The van der Waals surface area contributed by atoms with Gasteiger partial charge in [0, 0.05) is 4.47 Å². The van der Waals surface area contributed by atoms with Gasteiger partial charge in [-0.15, -0.1) is 0 Å². The quantitative estimate of drug-likeness (QED) is 0.210. The molecule has 0 spiro atoms. The van der Waals surface area contributed by atoms with Gasteiger partial charge in [-0.2, -0.15) is 0 Å². The van der Waals surface area contributed by atoms with E-state index in [0.29, 0.717) is 12.1 Å². The summed E-state index contributed by atoms with van der Waals surface area (Å²) in [6, 6.07) is 1.40. The number of aromatic hydroxyl groups is 1. The molecule has 0 bridgehead atoms. The van der Waals surface area contributed by atoms with Crippen LogP contribution >= 0.6 is 15.9 Å². The van der Waals surface area contributed by atoms with Crippen LogP contribution in [0, 0.1) is 0 Å². The first-order valence-corrected chi connectivity index (χ1v) is 7.09. The Hall–Kier alpha value is 0.122. The summed E-state index contributed by atoms with van der Waals surface area (Å²) < 4.78 is 63.8. The van der Waals surface area contributed by atoms with Crippen molar-refractivity contribution >= 4 is 63.5 Å². The molecule has 2 radical (unpaired) electrons. The Morgan fingerprint density at radius 1 is 0.950 bits per heavy atom. The molecular formula is C6H11BrO10PbS2+2. The molecule has 0 saturated heterocycles. The first-order chi connectivity index (χ1) is 7.03. The van der Waals surface area contributed by atoms with Crippen LogP contribution in [-0.4, -0.2) is 63.8 Å². The van der Waals surface area contributed by atoms with Gasteiger partial charge in [0.05, 0.1) is 9.79 Å². The van der Waals surface area contributed by atoms with E-state index >= 15 is 0 Å². The molecule has 0 atom stereocenters. The van der Waals surface area contributed by atoms with Crippen LogP contribution in [0.1, 0.15) is 0 Å². The van der Waals surface area contributed by atoms with E-state index in [1.54, 1.807) is 0 Å². The maximum atomic E-state index is 10.7. The van der Waals surface area contributed by atoms with Crippen molar-refractivity contribution in [2.45, 2.75) is 9.79 Å². The third kappa shape index (κ3) is 6.72. The van der Waals surface area contributed by atoms with Gasteiger partial charge in [-0.1, -0.05) is 15.9 Å². The molecule has 0 aromatic heterocycles. The van der Waals surface area contributed by atoms with Gasteiger partial charge in [-0.3, -0.25) is 0 Å². The van der Waals surface area contributed by atoms with Gasteiger partial charge >= 0.3 is 27.3 Å². The number of phenols is 1. The van der Waals surface area contributed by atoms with Gasteiger partial charge in [0.25, 0.3) is 0 Å². The second-order valence-corrected chi connectivity index (χ2v) is 6.27. The molecule has 0 aliphatic carbocycles. The summed E-state index contributed by atoms with van der Waals surface area (Å²) >= 11 is 2.71. The normalized spacial score (nSPS) is 10.2. The molecule has 0 fully saturated rings. The van der Waals surface area contributed by atoms with Crippen LogP contribution in [0.15, 0.2) is 26.4 Å². The number of phenolic OH excluding ortho intramolecular Hbond substituents is 1. The van der Waals surface area contributed by atoms with Crippen molar-refractivity contribution in [3.05, 3.63) is 16.6 Å². The van der Waals surface area contributed by atoms with Gasteiger partial charge in [0.1, 0.15) is 20.2 Å². The second kappa shape index (κ2) is 9.20. The molecule has 20 heavy (non-hydrogen) atoms. The topological polar surface area (TPSA) is 232 Å². The van der Waals surface area contributed by atoms with E-state index in [-0.39, 0.29) is 48.2 Å². The molecule has 9 N–H and O–H groups in total. The minimum absolute atomic E-state index is 0. The van der Waals surface area contributed by atoms with Crippen molar-refractivity contribution in [1.29, 1.82) is 0 Å². The number of hydrogen-bond donors (Lipinski definition) is 1. The summed E-state index contributed by atoms with van der Waals surface area (Å²) in [5, 5.41) is 9.21. The maximum absolute atomic E-state index is 10.7. The SMILES string of the molecule is O.O=S(=O)([O-])c1cc(Br)cc(S(=O)(=O)[O-])c1O.[OH3+].[OH3+].[Pb+2]. The summed E-state index contributed by atoms with van der Waals surface area (Å²) in [4.78, 5) is -2.34. The largest absolute Gasteiger partial charge is 2.00 e. The van der Waals surface area contributed by atoms with E-state index < -0.39 is 35.8 Å². The summed E-state index contributed by atoms with van der Waals surface area (Å²) in [6.07, 6.45) is 0. The van der Waals surface area contributed by atoms with E-state index in [1.165, 1.54) is 0 Å². The van der Waals surface area contributed by atoms with Crippen LogP contribution in [-0.2, 0) is 31.2 Å². The van der Waals surface area contributed by atoms with E-state index in [9.17, 15) is 31.0 Å². The fourth-order valence-corrected chi connectivity index (χ4v) is 2.99. The number of halogens is 1. The van der Waals surface area contributed by atoms with Crippen molar-refractivity contribution < 1.29 is 47.5 Å². The van der Waals surface area contributed by atoms with E-state index in [1.807, 2.05) is 0 Å². The Labute approximate surface area is 142 Å². The van der Waals surface area contributed by atoms with Crippen LogP contribution in [0.4, 0.5) is 0 Å². The molecule has 0 saturated carbocycles. The fraction of sp³-hybridized carbons (Fsp3) is 0. The van der Waals surface area contributed by atoms with Crippen molar-refractivity contribution in [3.8, 4) is 5.75 Å². The van der Waals surface area contributed by atoms with Crippen LogP contribution in [0.25, 0.3) is 0 Å². The smallest absolute Gasteiger partial charge is 0.744 e. The summed E-state index contributed by atoms with van der Waals surface area (Å²) in [5.74, 6) is -1.37. The minimum atomic E-state index is -5.07. The molecule has 10 nitrogen and oxygen atoms in total. The molecule has 0 aliphatic rings. The van der Waals surface area contributed by atoms with Crippen molar-refractivity contribution in [2.75, 3.05) is 0 Å². The predicted octanol–water partition coefficient (Wildman–Crippen LogP) is -3.09. The molecule has 116 valence electrons. The van der Waals surface area contributed by atoms with Gasteiger partial charge in [0.15, 0.2) is 5.75 Å². The minimum Gasteiger partial charge on any atom is -0.744 e. The molecule has 1 aromatic carbocycles. The third-order valence-electron chi connectivity index (χ3n) is 1.54. The Morgan fingerprint density at radius 2 is 1.20 bits per heavy atom. The molecular weight excluding hydrogens is 583 g/mol. The number of benzene rings is 1. The molecule has 1 aromatic rings. The molecule has 0 aliphatic heterocycles. The molecule has 1 rings (SSSR count). The Morgan fingerprint density at radius 3 is 1.40 bits per heavy atom. The zero-order chi connectivity index (χ0) is 12.7. The Bertz CT molecular complexity index is 587. The van der Waals surface area contributed by atoms with Gasteiger partial charge in [0.2, 0.25) is 0 Å². The summed E-state index contributed by atoms with van der Waals surface area (Å²) in [5.41, 5.74) is 0. The first-order valence-electron chi connectivity index (χ1n) is 3.48. The molecule has 0 unspecified atom stereocenters. The molecule has 0 amide bonds. The third-order valence-corrected chi connectivity index (χ3v) is 3.70. The van der Waals surface area contributed by atoms with Crippen LogP contribution in [0.5, 0.6) is 5.75 Å². The monoisotopic (exact) mass is 594 g/mol. The molecule has 0 heterocycles. The van der Waals surface area contributed by atoms with Crippen LogP contribution in [0.2, 0.25) is 0 Å². The average molecular weight is 594 g/mol. The van der Waals surface area contributed by atoms with Crippen molar-refractivity contribution in [2.24, 2.45) is 0 Å². The fourth-order valence-electron chi connectivity index (χ4n) is 0.931. The average Bonchev–Trinajstić information content (AvgIpc) is 2.04. The summed E-state index contributed by atoms with van der Waals surface area (Å²) in [6.45, 7) is 0. The van der Waals surface area contributed by atoms with E-state index in [2.05, 4.69) is 15.9 Å². The zero-order valence-electron chi connectivity index (χ0n) is 9.40. The Kier molecular flexibility index (Phi) is 13.0. The maximum Gasteiger partial charge on any atom is 2.00 e. The van der Waals surface area contributed by atoms with Gasteiger partial charge in [-0.05, 0) is 12.1 Å². The van der Waals surface area contributed by atoms with Crippen LogP contribution in [0.3, 0.4) is 0 Å². The molecule has 14 heteroatoms.